The van der Waals surface area contributed by atoms with Crippen LogP contribution in [-0.4, -0.2) is 74.3 Å². The Balaban J connectivity index is 1.29. The molecule has 11 nitrogen and oxygen atoms in total. The number of hydrogen-bond acceptors (Lipinski definition) is 8. The van der Waals surface area contributed by atoms with E-state index in [0.717, 1.165) is 19.5 Å². The van der Waals surface area contributed by atoms with Gasteiger partial charge in [-0.05, 0) is 75.2 Å². The minimum atomic E-state index is -0.490. The van der Waals surface area contributed by atoms with Crippen LogP contribution in [0, 0.1) is 11.3 Å². The number of nitrogens with zero attached hydrogens (tertiary/aromatic N) is 6. The molecule has 4 heterocycles. The van der Waals surface area contributed by atoms with E-state index in [0.29, 0.717) is 54.4 Å². The van der Waals surface area contributed by atoms with E-state index >= 15 is 0 Å². The fraction of sp³-hybridized carbons (Fsp3) is 0.353. The van der Waals surface area contributed by atoms with Crippen LogP contribution in [0.5, 0.6) is 11.5 Å². The summed E-state index contributed by atoms with van der Waals surface area (Å²) in [6.45, 7) is 7.51. The third kappa shape index (κ3) is 6.07. The number of nitrogen functional groups attached to an aromatic ring is 1. The number of imidazole rings is 1. The number of carbonyl (C=O) groups is 1. The van der Waals surface area contributed by atoms with Crippen molar-refractivity contribution in [1.29, 1.82) is 5.26 Å². The summed E-state index contributed by atoms with van der Waals surface area (Å²) in [5.74, 6) is 1.26. The van der Waals surface area contributed by atoms with Crippen LogP contribution in [0.1, 0.15) is 26.7 Å². The van der Waals surface area contributed by atoms with Gasteiger partial charge in [-0.15, -0.1) is 0 Å². The molecule has 1 atom stereocenters. The first kappa shape index (κ1) is 30.1. The fourth-order valence-electron chi connectivity index (χ4n) is 6.31. The Hall–Kier alpha value is -4.92. The van der Waals surface area contributed by atoms with E-state index < -0.39 is 5.54 Å². The largest absolute Gasteiger partial charge is 0.457 e. The highest BCUT2D eigenvalue weighted by molar-refractivity contribution is 5.97. The lowest BCUT2D eigenvalue weighted by Crippen LogP contribution is -2.49. The third-order valence-corrected chi connectivity index (χ3v) is 8.65. The number of benzene rings is 2. The van der Waals surface area contributed by atoms with Crippen LogP contribution in [0.25, 0.3) is 16.7 Å². The number of nitrogens with two attached hydrogens (primary N) is 1. The lowest BCUT2D eigenvalue weighted by Gasteiger charge is -2.39. The Morgan fingerprint density at radius 3 is 2.51 bits per heavy atom. The monoisotopic (exact) mass is 607 g/mol. The molecule has 2 aromatic carbocycles. The highest BCUT2D eigenvalue weighted by atomic mass is 16.5. The van der Waals surface area contributed by atoms with E-state index in [1.807, 2.05) is 56.3 Å². The van der Waals surface area contributed by atoms with Crippen molar-refractivity contribution in [2.75, 3.05) is 38.6 Å². The number of hydrogen-bond donors (Lipinski definition) is 1. The maximum Gasteiger partial charge on any atom is 0.333 e. The summed E-state index contributed by atoms with van der Waals surface area (Å²) in [4.78, 5) is 36.1. The summed E-state index contributed by atoms with van der Waals surface area (Å²) in [5, 5.41) is 10.0. The first-order valence-electron chi connectivity index (χ1n) is 15.2. The summed E-state index contributed by atoms with van der Waals surface area (Å²) >= 11 is 0. The predicted molar refractivity (Wildman–Crippen MR) is 171 cm³/mol. The molecular formula is C34H37N7O4. The van der Waals surface area contributed by atoms with Crippen LogP contribution < -0.4 is 16.2 Å². The summed E-state index contributed by atoms with van der Waals surface area (Å²) in [6.07, 6.45) is 4.84. The number of anilines is 1. The summed E-state index contributed by atoms with van der Waals surface area (Å²) in [5.41, 5.74) is 7.42. The van der Waals surface area contributed by atoms with Gasteiger partial charge in [0, 0.05) is 37.9 Å². The smallest absolute Gasteiger partial charge is 0.333 e. The highest BCUT2D eigenvalue weighted by Gasteiger charge is 2.34. The molecule has 0 saturated carbocycles. The van der Waals surface area contributed by atoms with Gasteiger partial charge in [0.1, 0.15) is 34.5 Å². The second-order valence-corrected chi connectivity index (χ2v) is 11.9. The number of ether oxygens (including phenoxy) is 2. The Kier molecular flexibility index (Phi) is 8.43. The topological polar surface area (TPSA) is 132 Å². The molecule has 2 saturated heterocycles. The van der Waals surface area contributed by atoms with Crippen molar-refractivity contribution in [2.24, 2.45) is 0 Å². The minimum Gasteiger partial charge on any atom is -0.457 e. The molecule has 1 amide bonds. The van der Waals surface area contributed by atoms with Crippen molar-refractivity contribution in [2.45, 2.75) is 44.8 Å². The zero-order valence-electron chi connectivity index (χ0n) is 25.6. The molecule has 11 heteroatoms. The van der Waals surface area contributed by atoms with E-state index in [-0.39, 0.29) is 35.6 Å². The van der Waals surface area contributed by atoms with Gasteiger partial charge in [-0.3, -0.25) is 18.8 Å². The first-order chi connectivity index (χ1) is 21.8. The third-order valence-electron chi connectivity index (χ3n) is 8.65. The number of fused-ring (bicyclic) bond motifs is 1. The molecule has 2 aromatic heterocycles. The second-order valence-electron chi connectivity index (χ2n) is 11.9. The Morgan fingerprint density at radius 2 is 1.80 bits per heavy atom. The summed E-state index contributed by atoms with van der Waals surface area (Å²) in [6, 6.07) is 20.3. The Bertz CT molecular complexity index is 1810. The molecule has 0 unspecified atom stereocenters. The van der Waals surface area contributed by atoms with Crippen LogP contribution in [0.3, 0.4) is 0 Å². The van der Waals surface area contributed by atoms with Crippen LogP contribution in [-0.2, 0) is 16.1 Å². The summed E-state index contributed by atoms with van der Waals surface area (Å²) in [7, 11) is 0. The van der Waals surface area contributed by atoms with Gasteiger partial charge in [-0.1, -0.05) is 18.2 Å². The number of amides is 1. The number of aromatic nitrogens is 3. The maximum absolute atomic E-state index is 14.1. The van der Waals surface area contributed by atoms with E-state index in [2.05, 4.69) is 16.0 Å². The molecule has 4 aromatic rings. The fourth-order valence-corrected chi connectivity index (χ4v) is 6.31. The predicted octanol–water partition coefficient (Wildman–Crippen LogP) is 4.11. The molecule has 232 valence electrons. The van der Waals surface area contributed by atoms with E-state index in [1.54, 1.807) is 44.5 Å². The molecule has 2 N–H and O–H groups in total. The van der Waals surface area contributed by atoms with Crippen molar-refractivity contribution >= 4 is 22.8 Å². The van der Waals surface area contributed by atoms with Gasteiger partial charge >= 0.3 is 5.69 Å². The van der Waals surface area contributed by atoms with Crippen molar-refractivity contribution in [3.8, 4) is 23.3 Å². The van der Waals surface area contributed by atoms with Crippen LogP contribution >= 0.6 is 0 Å². The molecule has 0 spiro atoms. The van der Waals surface area contributed by atoms with Gasteiger partial charge in [0.05, 0.1) is 30.5 Å². The van der Waals surface area contributed by atoms with E-state index in [4.69, 9.17) is 15.2 Å². The maximum atomic E-state index is 14.1. The molecule has 0 radical (unpaired) electrons. The number of nitriles is 1. The highest BCUT2D eigenvalue weighted by Crippen LogP contribution is 2.28. The minimum absolute atomic E-state index is 0.111. The number of para-hydroxylation sites is 1. The van der Waals surface area contributed by atoms with Gasteiger partial charge in [-0.2, -0.15) is 5.26 Å². The lowest BCUT2D eigenvalue weighted by molar-refractivity contribution is -0.127. The molecule has 2 aliphatic rings. The molecular weight excluding hydrogens is 570 g/mol. The molecule has 2 fully saturated rings. The van der Waals surface area contributed by atoms with Gasteiger partial charge in [-0.25, -0.2) is 9.78 Å². The molecule has 6 rings (SSSR count). The van der Waals surface area contributed by atoms with Crippen LogP contribution in [0.15, 0.2) is 83.3 Å². The molecule has 0 aliphatic carbocycles. The Labute approximate surface area is 261 Å². The van der Waals surface area contributed by atoms with Crippen molar-refractivity contribution < 1.29 is 14.3 Å². The van der Waals surface area contributed by atoms with E-state index in [9.17, 15) is 14.9 Å². The van der Waals surface area contributed by atoms with Gasteiger partial charge in [0.15, 0.2) is 0 Å². The quantitative estimate of drug-likeness (QED) is 0.234. The van der Waals surface area contributed by atoms with Crippen molar-refractivity contribution in [1.82, 2.24) is 23.9 Å². The molecule has 0 bridgehead atoms. The van der Waals surface area contributed by atoms with Gasteiger partial charge in [0.2, 0.25) is 0 Å². The number of carbonyl (C=O) groups excluding carboxylic acids is 1. The molecule has 45 heavy (non-hydrogen) atoms. The number of likely N-dealkylation sites (tertiary alicyclic amines) is 1. The van der Waals surface area contributed by atoms with Crippen LogP contribution in [0.2, 0.25) is 0 Å². The van der Waals surface area contributed by atoms with Gasteiger partial charge < -0.3 is 20.1 Å². The van der Waals surface area contributed by atoms with Crippen molar-refractivity contribution in [3.63, 3.8) is 0 Å². The Morgan fingerprint density at radius 1 is 1.09 bits per heavy atom. The first-order valence-corrected chi connectivity index (χ1v) is 15.2. The SMILES string of the molecule is CC(C)(C=C(C#N)C(=O)N1CCC[C@H]1Cn1c(=O)n(-c2ccc(Oc3ccccc3)cc2)c2c(N)nccc21)N1CCOCC1. The van der Waals surface area contributed by atoms with E-state index in [1.165, 1.54) is 0 Å². The van der Waals surface area contributed by atoms with Gasteiger partial charge in [0.25, 0.3) is 5.91 Å². The van der Waals surface area contributed by atoms with Crippen LogP contribution in [0.4, 0.5) is 5.82 Å². The standard InChI is InChI=1S/C34H37N7O4/c1-34(2,38-17-19-44-20-18-38)21-24(22-35)32(42)39-16-6-7-26(39)23-40-29-14-15-37-31(36)30(29)41(33(40)43)25-10-12-28(13-11-25)45-27-8-4-3-5-9-27/h3-5,8-15,21,26H,6-7,16-20,23H2,1-2H3,(H2,36,37)/t26-/m0/s1. The average molecular weight is 608 g/mol. The second kappa shape index (κ2) is 12.6. The van der Waals surface area contributed by atoms with Crippen molar-refractivity contribution in [3.05, 3.63) is 89.0 Å². The number of morpholine rings is 1. The zero-order chi connectivity index (χ0) is 31.6. The lowest BCUT2D eigenvalue weighted by atomic mass is 9.97. The normalized spacial score (nSPS) is 17.8. The zero-order valence-corrected chi connectivity index (χ0v) is 25.6. The number of pyridine rings is 1. The molecule has 2 aliphatic heterocycles. The number of rotatable bonds is 8. The summed E-state index contributed by atoms with van der Waals surface area (Å²) < 4.78 is 14.6. The average Bonchev–Trinajstić information content (AvgIpc) is 3.64.